The van der Waals surface area contributed by atoms with Gasteiger partial charge in [0.25, 0.3) is 10.0 Å². The van der Waals surface area contributed by atoms with E-state index in [1.54, 1.807) is 36.7 Å². The highest BCUT2D eigenvalue weighted by Gasteiger charge is 2.25. The van der Waals surface area contributed by atoms with Crippen molar-refractivity contribution in [2.24, 2.45) is 0 Å². The van der Waals surface area contributed by atoms with E-state index < -0.39 is 10.0 Å². The van der Waals surface area contributed by atoms with E-state index in [2.05, 4.69) is 42.7 Å². The Hall–Kier alpha value is -2.75. The highest BCUT2D eigenvalue weighted by Crippen LogP contribution is 2.33. The fourth-order valence-corrected chi connectivity index (χ4v) is 5.90. The van der Waals surface area contributed by atoms with Crippen LogP contribution in [0, 0.1) is 6.92 Å². The van der Waals surface area contributed by atoms with Crippen LogP contribution in [0.4, 0.5) is 5.82 Å². The van der Waals surface area contributed by atoms with Gasteiger partial charge in [0.2, 0.25) is 0 Å². The zero-order valence-electron chi connectivity index (χ0n) is 18.4. The normalized spacial score (nSPS) is 15.3. The molecule has 0 N–H and O–H groups in total. The average molecular weight is 526 g/mol. The molecule has 7 nitrogen and oxygen atoms in total. The van der Waals surface area contributed by atoms with Gasteiger partial charge >= 0.3 is 0 Å². The van der Waals surface area contributed by atoms with Crippen LogP contribution in [-0.2, 0) is 10.0 Å². The molecule has 0 atom stereocenters. The number of benzene rings is 1. The van der Waals surface area contributed by atoms with Gasteiger partial charge in [0, 0.05) is 54.0 Å². The van der Waals surface area contributed by atoms with Gasteiger partial charge in [-0.1, -0.05) is 17.7 Å². The first-order chi connectivity index (χ1) is 15.8. The summed E-state index contributed by atoms with van der Waals surface area (Å²) in [5, 5.41) is 0.734. The van der Waals surface area contributed by atoms with Gasteiger partial charge in [0.05, 0.1) is 10.6 Å². The Morgan fingerprint density at radius 2 is 1.64 bits per heavy atom. The number of piperazine rings is 1. The van der Waals surface area contributed by atoms with Crippen molar-refractivity contribution < 1.29 is 8.42 Å². The number of likely N-dealkylation sites (N-methyl/N-ethyl adjacent to an activating group) is 1. The lowest BCUT2D eigenvalue weighted by Gasteiger charge is -2.33. The Balaban J connectivity index is 1.62. The van der Waals surface area contributed by atoms with Crippen molar-refractivity contribution in [3.05, 3.63) is 71.0 Å². The zero-order chi connectivity index (χ0) is 23.2. The molecule has 0 radical (unpaired) electrons. The molecule has 1 fully saturated rings. The van der Waals surface area contributed by atoms with Gasteiger partial charge in [-0.15, -0.1) is 0 Å². The molecule has 1 aromatic carbocycles. The number of nitrogens with zero attached hydrogens (tertiary/aromatic N) is 5. The Morgan fingerprint density at radius 3 is 2.30 bits per heavy atom. The summed E-state index contributed by atoms with van der Waals surface area (Å²) in [6.07, 6.45) is 3.36. The first kappa shape index (κ1) is 22.1. The molecule has 4 aromatic rings. The van der Waals surface area contributed by atoms with Crippen LogP contribution in [-0.4, -0.2) is 60.5 Å². The number of hydrogen-bond donors (Lipinski definition) is 0. The lowest BCUT2D eigenvalue weighted by atomic mass is 10.2. The number of aryl methyl sites for hydroxylation is 1. The second-order valence-electron chi connectivity index (χ2n) is 8.37. The van der Waals surface area contributed by atoms with Crippen LogP contribution in [0.5, 0.6) is 0 Å². The Kier molecular flexibility index (Phi) is 5.72. The number of halogens is 1. The molecule has 1 aliphatic rings. The maximum Gasteiger partial charge on any atom is 0.269 e. The molecule has 0 spiro atoms. The maximum atomic E-state index is 13.7. The van der Waals surface area contributed by atoms with E-state index in [9.17, 15) is 8.42 Å². The molecular formula is C24H24BrN5O2S. The number of pyridine rings is 2. The first-order valence-corrected chi connectivity index (χ1v) is 13.0. The molecule has 9 heteroatoms. The van der Waals surface area contributed by atoms with Crippen molar-refractivity contribution in [2.45, 2.75) is 11.8 Å². The summed E-state index contributed by atoms with van der Waals surface area (Å²) >= 11 is 3.44. The minimum Gasteiger partial charge on any atom is -0.354 e. The van der Waals surface area contributed by atoms with Crippen molar-refractivity contribution in [3.8, 4) is 11.3 Å². The van der Waals surface area contributed by atoms with Crippen LogP contribution in [0.2, 0.25) is 0 Å². The second-order valence-corrected chi connectivity index (χ2v) is 11.1. The van der Waals surface area contributed by atoms with E-state index >= 15 is 0 Å². The third-order valence-corrected chi connectivity index (χ3v) is 8.15. The fourth-order valence-electron chi connectivity index (χ4n) is 4.06. The molecule has 33 heavy (non-hydrogen) atoms. The average Bonchev–Trinajstić information content (AvgIpc) is 3.19. The summed E-state index contributed by atoms with van der Waals surface area (Å²) < 4.78 is 29.6. The third kappa shape index (κ3) is 4.16. The summed E-state index contributed by atoms with van der Waals surface area (Å²) in [5.41, 5.74) is 2.64. The molecule has 0 saturated carbocycles. The van der Waals surface area contributed by atoms with E-state index in [1.807, 2.05) is 31.2 Å². The molecular weight excluding hydrogens is 502 g/mol. The number of hydrogen-bond acceptors (Lipinski definition) is 6. The molecule has 0 bridgehead atoms. The molecule has 5 rings (SSSR count). The van der Waals surface area contributed by atoms with Crippen LogP contribution in [0.3, 0.4) is 0 Å². The molecule has 0 aliphatic carbocycles. The summed E-state index contributed by atoms with van der Waals surface area (Å²) in [4.78, 5) is 13.9. The fraction of sp³-hybridized carbons (Fsp3) is 0.250. The Bertz CT molecular complexity index is 1410. The molecule has 0 amide bonds. The van der Waals surface area contributed by atoms with E-state index in [0.29, 0.717) is 11.3 Å². The Morgan fingerprint density at radius 1 is 0.909 bits per heavy atom. The van der Waals surface area contributed by atoms with Gasteiger partial charge in [-0.05, 0) is 66.3 Å². The lowest BCUT2D eigenvalue weighted by Crippen LogP contribution is -2.44. The highest BCUT2D eigenvalue weighted by molar-refractivity contribution is 9.10. The summed E-state index contributed by atoms with van der Waals surface area (Å²) in [5.74, 6) is 0.900. The molecule has 4 heterocycles. The van der Waals surface area contributed by atoms with Gasteiger partial charge in [0.1, 0.15) is 5.82 Å². The number of anilines is 1. The molecule has 3 aromatic heterocycles. The third-order valence-electron chi connectivity index (χ3n) is 6.00. The number of aromatic nitrogens is 3. The van der Waals surface area contributed by atoms with Gasteiger partial charge in [-0.25, -0.2) is 22.4 Å². The second kappa shape index (κ2) is 8.55. The first-order valence-electron chi connectivity index (χ1n) is 10.7. The summed E-state index contributed by atoms with van der Waals surface area (Å²) in [6, 6.07) is 14.5. The van der Waals surface area contributed by atoms with E-state index in [-0.39, 0.29) is 4.90 Å². The molecule has 1 aliphatic heterocycles. The van der Waals surface area contributed by atoms with E-state index in [0.717, 1.165) is 53.0 Å². The Labute approximate surface area is 201 Å². The predicted octanol–water partition coefficient (Wildman–Crippen LogP) is 4.16. The maximum absolute atomic E-state index is 13.7. The van der Waals surface area contributed by atoms with Gasteiger partial charge < -0.3 is 9.80 Å². The zero-order valence-corrected chi connectivity index (χ0v) is 20.8. The van der Waals surface area contributed by atoms with Crippen LogP contribution in [0.25, 0.3) is 22.3 Å². The topological polar surface area (TPSA) is 71.3 Å². The smallest absolute Gasteiger partial charge is 0.269 e. The minimum atomic E-state index is -3.87. The predicted molar refractivity (Wildman–Crippen MR) is 134 cm³/mol. The number of rotatable bonds is 4. The van der Waals surface area contributed by atoms with Crippen LogP contribution in [0.15, 0.2) is 70.3 Å². The number of fused-ring (bicyclic) bond motifs is 1. The van der Waals surface area contributed by atoms with Gasteiger partial charge in [-0.2, -0.15) is 0 Å². The quantitative estimate of drug-likeness (QED) is 0.398. The van der Waals surface area contributed by atoms with Crippen molar-refractivity contribution >= 4 is 42.8 Å². The monoisotopic (exact) mass is 525 g/mol. The lowest BCUT2D eigenvalue weighted by molar-refractivity contribution is 0.312. The van der Waals surface area contributed by atoms with Crippen molar-refractivity contribution in [3.63, 3.8) is 0 Å². The SMILES string of the molecule is Cc1ccc(S(=O)(=O)n2c(-c3ccc(N4CCN(C)CC4)nc3)cc3cc(Br)cnc32)cc1. The molecule has 0 unspecified atom stereocenters. The summed E-state index contributed by atoms with van der Waals surface area (Å²) in [6.45, 7) is 5.76. The van der Waals surface area contributed by atoms with Gasteiger partial charge in [-0.3, -0.25) is 0 Å². The van der Waals surface area contributed by atoms with Crippen molar-refractivity contribution in [1.82, 2.24) is 18.8 Å². The molecule has 170 valence electrons. The van der Waals surface area contributed by atoms with Gasteiger partial charge in [0.15, 0.2) is 5.65 Å². The van der Waals surface area contributed by atoms with Crippen molar-refractivity contribution in [2.75, 3.05) is 38.1 Å². The summed E-state index contributed by atoms with van der Waals surface area (Å²) in [7, 11) is -1.75. The molecule has 1 saturated heterocycles. The van der Waals surface area contributed by atoms with Crippen LogP contribution in [0.1, 0.15) is 5.56 Å². The van der Waals surface area contributed by atoms with E-state index in [1.165, 1.54) is 3.97 Å². The van der Waals surface area contributed by atoms with Crippen LogP contribution < -0.4 is 4.90 Å². The van der Waals surface area contributed by atoms with Crippen LogP contribution >= 0.6 is 15.9 Å². The minimum absolute atomic E-state index is 0.221. The highest BCUT2D eigenvalue weighted by atomic mass is 79.9. The largest absolute Gasteiger partial charge is 0.354 e. The van der Waals surface area contributed by atoms with Crippen molar-refractivity contribution in [1.29, 1.82) is 0 Å². The standard InChI is InChI=1S/C24H24BrN5O2S/c1-17-3-6-21(7-4-17)33(31,32)30-22(14-19-13-20(25)16-27-24(19)30)18-5-8-23(26-15-18)29-11-9-28(2)10-12-29/h3-8,13-16H,9-12H2,1-2H3. The van der Waals surface area contributed by atoms with E-state index in [4.69, 9.17) is 0 Å².